The average Bonchev–Trinajstić information content (AvgIpc) is 3.48. The molecule has 0 aromatic carbocycles. The Balaban J connectivity index is 1.31. The summed E-state index contributed by atoms with van der Waals surface area (Å²) in [6.07, 6.45) is 8.04. The number of hydrogen-bond acceptors (Lipinski definition) is 6. The van der Waals surface area contributed by atoms with Gasteiger partial charge in [-0.3, -0.25) is 19.9 Å². The Bertz CT molecular complexity index is 851. The molecule has 2 aromatic rings. The second-order valence-corrected chi connectivity index (χ2v) is 8.31. The number of carbonyl (C=O) groups excluding carboxylic acids is 1. The van der Waals surface area contributed by atoms with Gasteiger partial charge in [0.25, 0.3) is 0 Å². The molecule has 4 N–H and O–H groups in total. The predicted octanol–water partition coefficient (Wildman–Crippen LogP) is 2.31. The second-order valence-electron chi connectivity index (χ2n) is 8.31. The van der Waals surface area contributed by atoms with Crippen LogP contribution in [0.2, 0.25) is 0 Å². The maximum Gasteiger partial charge on any atom is 0.248 e. The summed E-state index contributed by atoms with van der Waals surface area (Å²) in [6.45, 7) is 7.02. The number of rotatable bonds is 7. The van der Waals surface area contributed by atoms with E-state index >= 15 is 0 Å². The van der Waals surface area contributed by atoms with Crippen molar-refractivity contribution in [3.8, 4) is 0 Å². The molecule has 1 aliphatic heterocycles. The van der Waals surface area contributed by atoms with Gasteiger partial charge in [-0.05, 0) is 39.5 Å². The number of anilines is 1. The maximum absolute atomic E-state index is 12.7. The summed E-state index contributed by atoms with van der Waals surface area (Å²) < 4.78 is 2.00. The molecule has 1 saturated carbocycles. The molecule has 0 radical (unpaired) electrons. The van der Waals surface area contributed by atoms with Crippen molar-refractivity contribution >= 4 is 11.9 Å². The van der Waals surface area contributed by atoms with Crippen LogP contribution < -0.4 is 16.2 Å². The molecular weight excluding hydrogens is 368 g/mol. The summed E-state index contributed by atoms with van der Waals surface area (Å²) in [4.78, 5) is 17.1. The van der Waals surface area contributed by atoms with Crippen LogP contribution in [-0.2, 0) is 17.8 Å². The zero-order valence-corrected chi connectivity index (χ0v) is 17.6. The lowest BCUT2D eigenvalue weighted by atomic mass is 10.00. The van der Waals surface area contributed by atoms with E-state index in [0.717, 1.165) is 42.5 Å². The number of aromatic nitrogens is 5. The van der Waals surface area contributed by atoms with Gasteiger partial charge >= 0.3 is 0 Å². The van der Waals surface area contributed by atoms with E-state index in [2.05, 4.69) is 50.3 Å². The van der Waals surface area contributed by atoms with Gasteiger partial charge in [-0.1, -0.05) is 25.7 Å². The Morgan fingerprint density at radius 1 is 1.24 bits per heavy atom. The maximum atomic E-state index is 12.7. The first-order valence-corrected chi connectivity index (χ1v) is 10.8. The molecule has 1 amide bonds. The topological polar surface area (TPSA) is 113 Å². The molecule has 29 heavy (non-hydrogen) atoms. The van der Waals surface area contributed by atoms with Crippen molar-refractivity contribution in [2.75, 3.05) is 5.32 Å². The van der Waals surface area contributed by atoms with Crippen molar-refractivity contribution in [1.29, 1.82) is 0 Å². The molecule has 158 valence electrons. The Morgan fingerprint density at radius 3 is 2.76 bits per heavy atom. The fraction of sp³-hybridized carbons (Fsp3) is 0.700. The normalized spacial score (nSPS) is 22.4. The van der Waals surface area contributed by atoms with E-state index in [1.807, 2.05) is 11.6 Å². The molecule has 9 nitrogen and oxygen atoms in total. The van der Waals surface area contributed by atoms with Crippen molar-refractivity contribution in [2.24, 2.45) is 5.92 Å². The van der Waals surface area contributed by atoms with Crippen LogP contribution in [-0.4, -0.2) is 36.9 Å². The van der Waals surface area contributed by atoms with Crippen LogP contribution in [0.15, 0.2) is 0 Å². The van der Waals surface area contributed by atoms with E-state index in [4.69, 9.17) is 0 Å². The number of aromatic amines is 1. The largest absolute Gasteiger partial charge is 0.292 e. The van der Waals surface area contributed by atoms with Crippen molar-refractivity contribution in [2.45, 2.75) is 84.3 Å². The SMILES string of the molecule is CCn1nc(C)c(C2CC(C(=O)Nc3n[nH]c(CCC4CCCC4)n3)NN2)c1C. The number of hydrazine groups is 1. The standard InChI is InChI=1S/C20H32N8O/c1-4-28-13(3)18(12(2)27-28)15-11-16(24-23-15)19(29)22-20-21-17(25-26-20)10-9-14-7-5-6-8-14/h14-16,23-24H,4-11H2,1-3H3,(H2,21,22,25,26,29). The first kappa shape index (κ1) is 20.0. The smallest absolute Gasteiger partial charge is 0.248 e. The molecule has 2 unspecified atom stereocenters. The lowest BCUT2D eigenvalue weighted by molar-refractivity contribution is -0.117. The third-order valence-electron chi connectivity index (χ3n) is 6.34. The molecule has 0 bridgehead atoms. The average molecular weight is 401 g/mol. The number of hydrogen-bond donors (Lipinski definition) is 4. The third kappa shape index (κ3) is 4.35. The van der Waals surface area contributed by atoms with E-state index in [9.17, 15) is 4.79 Å². The molecule has 2 atom stereocenters. The lowest BCUT2D eigenvalue weighted by Crippen LogP contribution is -2.39. The number of nitrogens with one attached hydrogen (secondary N) is 4. The van der Waals surface area contributed by atoms with E-state index in [-0.39, 0.29) is 18.0 Å². The van der Waals surface area contributed by atoms with Crippen LogP contribution in [0, 0.1) is 19.8 Å². The van der Waals surface area contributed by atoms with Gasteiger partial charge in [-0.25, -0.2) is 10.9 Å². The first-order chi connectivity index (χ1) is 14.0. The Kier molecular flexibility index (Phi) is 5.96. The fourth-order valence-corrected chi connectivity index (χ4v) is 4.74. The fourth-order valence-electron chi connectivity index (χ4n) is 4.74. The minimum absolute atomic E-state index is 0.0557. The molecule has 2 fully saturated rings. The first-order valence-electron chi connectivity index (χ1n) is 10.8. The molecular formula is C20H32N8O. The number of nitrogens with zero attached hydrogens (tertiary/aromatic N) is 4. The van der Waals surface area contributed by atoms with Gasteiger partial charge in [-0.2, -0.15) is 10.1 Å². The molecule has 9 heteroatoms. The van der Waals surface area contributed by atoms with E-state index in [1.54, 1.807) is 0 Å². The second kappa shape index (κ2) is 8.62. The Morgan fingerprint density at radius 2 is 2.03 bits per heavy atom. The zero-order valence-electron chi connectivity index (χ0n) is 17.6. The summed E-state index contributed by atoms with van der Waals surface area (Å²) in [5.41, 5.74) is 9.68. The minimum Gasteiger partial charge on any atom is -0.292 e. The summed E-state index contributed by atoms with van der Waals surface area (Å²) in [7, 11) is 0. The van der Waals surface area contributed by atoms with Crippen molar-refractivity contribution < 1.29 is 4.79 Å². The van der Waals surface area contributed by atoms with Gasteiger partial charge in [0, 0.05) is 24.2 Å². The zero-order chi connectivity index (χ0) is 20.4. The summed E-state index contributed by atoms with van der Waals surface area (Å²) in [6, 6.07) is -0.288. The summed E-state index contributed by atoms with van der Waals surface area (Å²) in [5, 5.41) is 14.5. The molecule has 3 heterocycles. The highest BCUT2D eigenvalue weighted by atomic mass is 16.2. The van der Waals surface area contributed by atoms with Crippen molar-refractivity contribution in [3.63, 3.8) is 0 Å². The van der Waals surface area contributed by atoms with Gasteiger partial charge in [0.05, 0.1) is 11.7 Å². The molecule has 1 aliphatic carbocycles. The van der Waals surface area contributed by atoms with Crippen LogP contribution in [0.3, 0.4) is 0 Å². The third-order valence-corrected chi connectivity index (χ3v) is 6.34. The summed E-state index contributed by atoms with van der Waals surface area (Å²) in [5.74, 6) is 1.89. The minimum atomic E-state index is -0.343. The van der Waals surface area contributed by atoms with E-state index in [0.29, 0.717) is 12.4 Å². The highest BCUT2D eigenvalue weighted by molar-refractivity contribution is 5.93. The van der Waals surface area contributed by atoms with Crippen LogP contribution in [0.4, 0.5) is 5.95 Å². The monoisotopic (exact) mass is 400 g/mol. The van der Waals surface area contributed by atoms with Crippen LogP contribution in [0.1, 0.15) is 74.3 Å². The number of amides is 1. The molecule has 1 saturated heterocycles. The molecule has 2 aromatic heterocycles. The van der Waals surface area contributed by atoms with E-state index < -0.39 is 0 Å². The van der Waals surface area contributed by atoms with Gasteiger partial charge in [0.2, 0.25) is 11.9 Å². The Labute approximate surface area is 171 Å². The number of H-pyrrole nitrogens is 1. The van der Waals surface area contributed by atoms with Crippen molar-refractivity contribution in [1.82, 2.24) is 35.8 Å². The lowest BCUT2D eigenvalue weighted by Gasteiger charge is -2.10. The van der Waals surface area contributed by atoms with Crippen molar-refractivity contribution in [3.05, 3.63) is 22.8 Å². The van der Waals surface area contributed by atoms with Crippen LogP contribution >= 0.6 is 0 Å². The van der Waals surface area contributed by atoms with Crippen LogP contribution in [0.25, 0.3) is 0 Å². The van der Waals surface area contributed by atoms with Gasteiger partial charge < -0.3 is 0 Å². The highest BCUT2D eigenvalue weighted by Crippen LogP contribution is 2.29. The quantitative estimate of drug-likeness (QED) is 0.567. The van der Waals surface area contributed by atoms with Gasteiger partial charge in [0.15, 0.2) is 0 Å². The molecule has 0 spiro atoms. The summed E-state index contributed by atoms with van der Waals surface area (Å²) >= 11 is 0. The van der Waals surface area contributed by atoms with Gasteiger partial charge in [0.1, 0.15) is 11.9 Å². The molecule has 2 aliphatic rings. The van der Waals surface area contributed by atoms with E-state index in [1.165, 1.54) is 31.2 Å². The Hall–Kier alpha value is -2.26. The number of carbonyl (C=O) groups is 1. The molecule has 4 rings (SSSR count). The predicted molar refractivity (Wildman–Crippen MR) is 110 cm³/mol. The number of aryl methyl sites for hydroxylation is 3. The highest BCUT2D eigenvalue weighted by Gasteiger charge is 2.33. The van der Waals surface area contributed by atoms with Gasteiger partial charge in [-0.15, -0.1) is 5.10 Å². The van der Waals surface area contributed by atoms with Crippen LogP contribution in [0.5, 0.6) is 0 Å².